The summed E-state index contributed by atoms with van der Waals surface area (Å²) in [6.07, 6.45) is 5.07. The lowest BCUT2D eigenvalue weighted by molar-refractivity contribution is -0.830. The number of carbonyl (C=O) groups excluding carboxylic acids is 1. The average molecular weight is 469 g/mol. The van der Waals surface area contributed by atoms with Crippen LogP contribution in [0.4, 0.5) is 11.4 Å². The number of hydrogen-bond donors (Lipinski definition) is 4. The lowest BCUT2D eigenvalue weighted by atomic mass is 10.1. The third-order valence-electron chi connectivity index (χ3n) is 4.41. The van der Waals surface area contributed by atoms with E-state index in [4.69, 9.17) is 23.7 Å². The van der Waals surface area contributed by atoms with Gasteiger partial charge in [-0.1, -0.05) is 12.1 Å². The summed E-state index contributed by atoms with van der Waals surface area (Å²) in [5.74, 6) is -0.336. The first-order valence-electron chi connectivity index (χ1n) is 10.6. The van der Waals surface area contributed by atoms with Crippen LogP contribution in [0.2, 0.25) is 0 Å². The lowest BCUT2D eigenvalue weighted by Gasteiger charge is -2.12. The molecule has 182 valence electrons. The summed E-state index contributed by atoms with van der Waals surface area (Å²) in [6.45, 7) is 4.50. The molecule has 0 spiro atoms. The summed E-state index contributed by atoms with van der Waals surface area (Å²) in [5.41, 5.74) is 1.43. The van der Waals surface area contributed by atoms with Gasteiger partial charge in [0.1, 0.15) is 12.4 Å². The summed E-state index contributed by atoms with van der Waals surface area (Å²) < 4.78 is 27.1. The molecule has 11 heteroatoms. The van der Waals surface area contributed by atoms with Gasteiger partial charge in [0, 0.05) is 23.5 Å². The number of phenols is 1. The molecule has 0 atom stereocenters. The van der Waals surface area contributed by atoms with Crippen molar-refractivity contribution in [2.24, 2.45) is 0 Å². The van der Waals surface area contributed by atoms with Gasteiger partial charge in [-0.3, -0.25) is 5.21 Å². The maximum absolute atomic E-state index is 11.9. The van der Waals surface area contributed by atoms with Crippen LogP contribution in [0.5, 0.6) is 5.75 Å². The number of quaternary nitrogens is 1. The molecule has 33 heavy (non-hydrogen) atoms. The first-order chi connectivity index (χ1) is 16.1. The number of benzene rings is 1. The van der Waals surface area contributed by atoms with E-state index in [1.807, 2.05) is 6.92 Å². The SMILES string of the molecule is CCOCCOCCOCCOC(=O)COC1=CC=C/C(=[N+](\O)c2c(O)cccc2[NH2+]O)C1. The standard InChI is InChI=1S/C22H30N2O9/c1-2-29-9-10-30-11-12-31-13-14-32-21(26)16-33-18-6-3-5-17(15-18)24(28)22-19(23-27)7-4-8-20(22)25/h3-8,23,27H,2,9-16H2,1H3,(H-,25,28)/p+2/b24-17+. The van der Waals surface area contributed by atoms with Crippen molar-refractivity contribution in [3.63, 3.8) is 0 Å². The van der Waals surface area contributed by atoms with Crippen LogP contribution < -0.4 is 5.48 Å². The zero-order valence-electron chi connectivity index (χ0n) is 18.6. The number of rotatable bonds is 15. The molecule has 0 aromatic heterocycles. The Morgan fingerprint density at radius 2 is 1.79 bits per heavy atom. The molecule has 0 saturated heterocycles. The molecular weight excluding hydrogens is 436 g/mol. The van der Waals surface area contributed by atoms with Crippen LogP contribution in [0.3, 0.4) is 0 Å². The van der Waals surface area contributed by atoms with E-state index in [0.29, 0.717) is 44.5 Å². The van der Waals surface area contributed by atoms with E-state index in [1.54, 1.807) is 24.3 Å². The van der Waals surface area contributed by atoms with Crippen molar-refractivity contribution in [2.45, 2.75) is 13.3 Å². The number of carbonyl (C=O) groups is 1. The molecule has 5 N–H and O–H groups in total. The maximum atomic E-state index is 11.9. The Morgan fingerprint density at radius 3 is 2.48 bits per heavy atom. The summed E-state index contributed by atoms with van der Waals surface area (Å²) >= 11 is 0. The smallest absolute Gasteiger partial charge is 0.361 e. The molecule has 1 aromatic rings. The van der Waals surface area contributed by atoms with E-state index in [-0.39, 0.29) is 43.4 Å². The minimum atomic E-state index is -0.553. The minimum absolute atomic E-state index is 0.0278. The van der Waals surface area contributed by atoms with Gasteiger partial charge in [0.25, 0.3) is 0 Å². The fourth-order valence-electron chi connectivity index (χ4n) is 2.83. The van der Waals surface area contributed by atoms with E-state index in [9.17, 15) is 20.3 Å². The Kier molecular flexibility index (Phi) is 11.9. The molecule has 0 bridgehead atoms. The molecule has 2 rings (SSSR count). The molecule has 1 aromatic carbocycles. The van der Waals surface area contributed by atoms with Crippen LogP contribution >= 0.6 is 0 Å². The van der Waals surface area contributed by atoms with Crippen molar-refractivity contribution < 1.29 is 54.2 Å². The number of hydrogen-bond acceptors (Lipinski definition) is 9. The maximum Gasteiger partial charge on any atom is 0.361 e. The molecule has 0 unspecified atom stereocenters. The van der Waals surface area contributed by atoms with E-state index in [2.05, 4.69) is 0 Å². The predicted octanol–water partition coefficient (Wildman–Crippen LogP) is 0.924. The zero-order valence-corrected chi connectivity index (χ0v) is 18.6. The molecule has 1 aliphatic carbocycles. The van der Waals surface area contributed by atoms with Gasteiger partial charge in [-0.25, -0.2) is 10.0 Å². The van der Waals surface area contributed by atoms with Gasteiger partial charge in [-0.2, -0.15) is 5.48 Å². The zero-order chi connectivity index (χ0) is 23.9. The number of esters is 1. The van der Waals surface area contributed by atoms with Crippen LogP contribution in [0.25, 0.3) is 0 Å². The molecule has 0 aliphatic heterocycles. The van der Waals surface area contributed by atoms with Gasteiger partial charge in [0.05, 0.1) is 39.5 Å². The van der Waals surface area contributed by atoms with E-state index >= 15 is 0 Å². The van der Waals surface area contributed by atoms with Crippen molar-refractivity contribution >= 4 is 23.1 Å². The second-order valence-corrected chi connectivity index (χ2v) is 6.75. The van der Waals surface area contributed by atoms with E-state index in [0.717, 1.165) is 10.2 Å². The number of allylic oxidation sites excluding steroid dienone is 4. The molecule has 0 heterocycles. The van der Waals surface area contributed by atoms with Crippen molar-refractivity contribution in [3.05, 3.63) is 42.2 Å². The highest BCUT2D eigenvalue weighted by molar-refractivity contribution is 5.94. The lowest BCUT2D eigenvalue weighted by Crippen LogP contribution is -2.73. The van der Waals surface area contributed by atoms with Gasteiger partial charge in [-0.05, 0) is 19.1 Å². The van der Waals surface area contributed by atoms with Crippen molar-refractivity contribution in [3.8, 4) is 5.75 Å². The largest absolute Gasteiger partial charge is 0.502 e. The Labute approximate surface area is 192 Å². The minimum Gasteiger partial charge on any atom is -0.502 e. The summed E-state index contributed by atoms with van der Waals surface area (Å²) in [4.78, 5) is 11.9. The highest BCUT2D eigenvalue weighted by Gasteiger charge is 2.28. The van der Waals surface area contributed by atoms with Gasteiger partial charge in [0.2, 0.25) is 11.4 Å². The van der Waals surface area contributed by atoms with Gasteiger partial charge in [-0.15, -0.1) is 0 Å². The summed E-state index contributed by atoms with van der Waals surface area (Å²) in [7, 11) is 0. The molecule has 0 saturated carbocycles. The van der Waals surface area contributed by atoms with E-state index in [1.165, 1.54) is 12.1 Å². The first kappa shape index (κ1) is 26.3. The molecule has 1 aliphatic rings. The molecule has 11 nitrogen and oxygen atoms in total. The number of nitrogens with zero attached hydrogens (tertiary/aromatic N) is 1. The Balaban J connectivity index is 1.70. The third kappa shape index (κ3) is 9.20. The number of ether oxygens (including phenoxy) is 5. The van der Waals surface area contributed by atoms with Gasteiger partial charge < -0.3 is 28.8 Å². The Morgan fingerprint density at radius 1 is 1.09 bits per heavy atom. The van der Waals surface area contributed by atoms with Crippen LogP contribution in [0.15, 0.2) is 42.2 Å². The van der Waals surface area contributed by atoms with E-state index < -0.39 is 5.97 Å². The third-order valence-corrected chi connectivity index (χ3v) is 4.41. The monoisotopic (exact) mass is 468 g/mol. The van der Waals surface area contributed by atoms with Gasteiger partial charge >= 0.3 is 11.7 Å². The quantitative estimate of drug-likeness (QED) is 0.0738. The normalized spacial score (nSPS) is 14.7. The van der Waals surface area contributed by atoms with Crippen molar-refractivity contribution in [1.82, 2.24) is 0 Å². The number of aromatic hydroxyl groups is 1. The van der Waals surface area contributed by atoms with Crippen LogP contribution in [0, 0.1) is 0 Å². The fraction of sp³-hybridized carbons (Fsp3) is 0.455. The first-order valence-corrected chi connectivity index (χ1v) is 10.6. The summed E-state index contributed by atoms with van der Waals surface area (Å²) in [5, 5.41) is 30.0. The van der Waals surface area contributed by atoms with Gasteiger partial charge in [0.15, 0.2) is 12.4 Å². The number of phenolic OH excluding ortho intramolecular Hbond substituents is 1. The summed E-state index contributed by atoms with van der Waals surface area (Å²) in [6, 6.07) is 4.47. The average Bonchev–Trinajstić information content (AvgIpc) is 2.83. The Hall–Kier alpha value is -2.96. The number of nitrogens with two attached hydrogens (primary N) is 1. The highest BCUT2D eigenvalue weighted by atomic mass is 16.6. The van der Waals surface area contributed by atoms with Crippen LogP contribution in [0.1, 0.15) is 13.3 Å². The van der Waals surface area contributed by atoms with Crippen LogP contribution in [-0.4, -0.2) is 84.8 Å². The second-order valence-electron chi connectivity index (χ2n) is 6.75. The number of para-hydroxylation sites is 1. The topological polar surface area (TPSA) is 144 Å². The van der Waals surface area contributed by atoms with Crippen molar-refractivity contribution in [1.29, 1.82) is 0 Å². The van der Waals surface area contributed by atoms with Crippen molar-refractivity contribution in [2.75, 3.05) is 52.9 Å². The van der Waals surface area contributed by atoms with Crippen LogP contribution in [-0.2, 0) is 28.5 Å². The second kappa shape index (κ2) is 15.0. The molecule has 0 amide bonds. The predicted molar refractivity (Wildman–Crippen MR) is 115 cm³/mol. The highest BCUT2D eigenvalue weighted by Crippen LogP contribution is 2.31. The molecule has 0 fully saturated rings. The molecular formula is C22H32N2O9+2. The Bertz CT molecular complexity index is 852. The molecule has 0 radical (unpaired) electrons. The fourth-order valence-corrected chi connectivity index (χ4v) is 2.83.